The molecule has 2 aromatic rings. The van der Waals surface area contributed by atoms with Crippen LogP contribution in [0.15, 0.2) is 42.5 Å². The van der Waals surface area contributed by atoms with E-state index in [9.17, 15) is 9.59 Å². The monoisotopic (exact) mass is 375 g/mol. The van der Waals surface area contributed by atoms with Crippen molar-refractivity contribution in [1.82, 2.24) is 0 Å². The predicted molar refractivity (Wildman–Crippen MR) is 110 cm³/mol. The summed E-state index contributed by atoms with van der Waals surface area (Å²) in [7, 11) is 0. The lowest BCUT2D eigenvalue weighted by Gasteiger charge is -2.27. The zero-order chi connectivity index (χ0) is 20.1. The Morgan fingerprint density at radius 3 is 2.00 bits per heavy atom. The Bertz CT molecular complexity index is 901. The minimum Gasteiger partial charge on any atom is -0.326 e. The Hall–Kier alpha value is -3.13. The van der Waals surface area contributed by atoms with Crippen LogP contribution in [0.3, 0.4) is 0 Å². The Labute approximate surface area is 165 Å². The molecule has 0 unspecified atom stereocenters. The molecule has 2 amide bonds. The molecular weight excluding hydrogens is 350 g/mol. The number of nitrogens with one attached hydrogen (secondary N) is 2. The number of nitrogens with zero attached hydrogens (tertiary/aromatic N) is 1. The second-order valence-corrected chi connectivity index (χ2v) is 7.56. The highest BCUT2D eigenvalue weighted by Crippen LogP contribution is 2.31. The first kappa shape index (κ1) is 19.6. The molecule has 5 heteroatoms. The van der Waals surface area contributed by atoms with Gasteiger partial charge in [0.15, 0.2) is 0 Å². The summed E-state index contributed by atoms with van der Waals surface area (Å²) >= 11 is 0. The van der Waals surface area contributed by atoms with Crippen LogP contribution in [-0.4, -0.2) is 11.8 Å². The lowest BCUT2D eigenvalue weighted by molar-refractivity contribution is -0.125. The first-order chi connectivity index (χ1) is 13.5. The van der Waals surface area contributed by atoms with E-state index < -0.39 is 0 Å². The van der Waals surface area contributed by atoms with E-state index in [4.69, 9.17) is 5.26 Å². The molecule has 0 saturated heterocycles. The minimum absolute atomic E-state index is 0.0266. The van der Waals surface area contributed by atoms with Gasteiger partial charge in [-0.05, 0) is 74.9 Å². The molecule has 0 aliphatic heterocycles. The molecule has 0 atom stereocenters. The van der Waals surface area contributed by atoms with Crippen LogP contribution in [0.1, 0.15) is 42.4 Å². The normalized spacial score (nSPS) is 18.8. The van der Waals surface area contributed by atoms with Crippen molar-refractivity contribution in [3.05, 3.63) is 59.2 Å². The van der Waals surface area contributed by atoms with E-state index in [1.54, 1.807) is 24.3 Å². The second kappa shape index (κ2) is 8.71. The fourth-order valence-electron chi connectivity index (χ4n) is 3.83. The standard InChI is InChI=1S/C23H25N3O2/c1-15-11-16(2)13-20(12-15)25-22(27)17-7-9-18(10-8-17)23(28)26-21-6-4-3-5-19(21)14-24/h3-6,11-13,17-18H,7-10H2,1-2H3,(H,25,27)(H,26,28). The molecule has 28 heavy (non-hydrogen) atoms. The van der Waals surface area contributed by atoms with Crippen molar-refractivity contribution in [3.63, 3.8) is 0 Å². The van der Waals surface area contributed by atoms with Gasteiger partial charge in [0, 0.05) is 17.5 Å². The largest absolute Gasteiger partial charge is 0.326 e. The quantitative estimate of drug-likeness (QED) is 0.822. The number of para-hydroxylation sites is 1. The van der Waals surface area contributed by atoms with Gasteiger partial charge in [-0.1, -0.05) is 18.2 Å². The maximum atomic E-state index is 12.6. The zero-order valence-electron chi connectivity index (χ0n) is 16.3. The SMILES string of the molecule is Cc1cc(C)cc(NC(=O)C2CCC(C(=O)Nc3ccccc3C#N)CC2)c1. The maximum Gasteiger partial charge on any atom is 0.227 e. The van der Waals surface area contributed by atoms with Crippen LogP contribution < -0.4 is 10.6 Å². The van der Waals surface area contributed by atoms with Crippen molar-refractivity contribution in [2.75, 3.05) is 10.6 Å². The topological polar surface area (TPSA) is 82.0 Å². The summed E-state index contributed by atoms with van der Waals surface area (Å²) in [6.45, 7) is 4.02. The molecule has 144 valence electrons. The molecule has 2 aromatic carbocycles. The minimum atomic E-state index is -0.128. The Kier molecular flexibility index (Phi) is 6.10. The van der Waals surface area contributed by atoms with E-state index in [-0.39, 0.29) is 23.7 Å². The van der Waals surface area contributed by atoms with Crippen LogP contribution in [0.2, 0.25) is 0 Å². The number of amides is 2. The van der Waals surface area contributed by atoms with Crippen LogP contribution in [0.25, 0.3) is 0 Å². The molecule has 1 aliphatic rings. The molecular formula is C23H25N3O2. The number of nitriles is 1. The van der Waals surface area contributed by atoms with Gasteiger partial charge in [-0.2, -0.15) is 5.26 Å². The van der Waals surface area contributed by atoms with Gasteiger partial charge in [0.1, 0.15) is 6.07 Å². The molecule has 0 spiro atoms. The summed E-state index contributed by atoms with van der Waals surface area (Å²) in [5.74, 6) is -0.247. The number of carbonyl (C=O) groups excluding carboxylic acids is 2. The smallest absolute Gasteiger partial charge is 0.227 e. The van der Waals surface area contributed by atoms with Crippen LogP contribution in [0.5, 0.6) is 0 Å². The number of rotatable bonds is 4. The average molecular weight is 375 g/mol. The van der Waals surface area contributed by atoms with Gasteiger partial charge in [0.05, 0.1) is 11.3 Å². The molecule has 0 aromatic heterocycles. The van der Waals surface area contributed by atoms with Gasteiger partial charge in [0.2, 0.25) is 11.8 Å². The van der Waals surface area contributed by atoms with E-state index in [2.05, 4.69) is 22.8 Å². The van der Waals surface area contributed by atoms with Gasteiger partial charge in [-0.3, -0.25) is 9.59 Å². The first-order valence-corrected chi connectivity index (χ1v) is 9.65. The third-order valence-electron chi connectivity index (χ3n) is 5.26. The fourth-order valence-corrected chi connectivity index (χ4v) is 3.83. The molecule has 3 rings (SSSR count). The molecule has 1 saturated carbocycles. The Morgan fingerprint density at radius 2 is 1.43 bits per heavy atom. The van der Waals surface area contributed by atoms with Gasteiger partial charge < -0.3 is 10.6 Å². The maximum absolute atomic E-state index is 12.6. The highest BCUT2D eigenvalue weighted by Gasteiger charge is 2.30. The first-order valence-electron chi connectivity index (χ1n) is 9.65. The van der Waals surface area contributed by atoms with Crippen molar-refractivity contribution >= 4 is 23.2 Å². The molecule has 0 bridgehead atoms. The van der Waals surface area contributed by atoms with Crippen LogP contribution >= 0.6 is 0 Å². The third kappa shape index (κ3) is 4.77. The highest BCUT2D eigenvalue weighted by atomic mass is 16.2. The molecule has 1 aliphatic carbocycles. The number of aryl methyl sites for hydroxylation is 2. The number of hydrogen-bond acceptors (Lipinski definition) is 3. The zero-order valence-corrected chi connectivity index (χ0v) is 16.3. The van der Waals surface area contributed by atoms with E-state index in [0.29, 0.717) is 36.9 Å². The van der Waals surface area contributed by atoms with Gasteiger partial charge >= 0.3 is 0 Å². The van der Waals surface area contributed by atoms with Gasteiger partial charge in [-0.25, -0.2) is 0 Å². The second-order valence-electron chi connectivity index (χ2n) is 7.56. The summed E-state index contributed by atoms with van der Waals surface area (Å²) in [6, 6.07) is 15.1. The van der Waals surface area contributed by atoms with E-state index in [1.807, 2.05) is 26.0 Å². The molecule has 5 nitrogen and oxygen atoms in total. The lowest BCUT2D eigenvalue weighted by atomic mass is 9.81. The summed E-state index contributed by atoms with van der Waals surface area (Å²) < 4.78 is 0. The van der Waals surface area contributed by atoms with Crippen molar-refractivity contribution in [2.45, 2.75) is 39.5 Å². The van der Waals surface area contributed by atoms with Crippen LogP contribution in [-0.2, 0) is 9.59 Å². The number of benzene rings is 2. The third-order valence-corrected chi connectivity index (χ3v) is 5.26. The number of anilines is 2. The van der Waals surface area contributed by atoms with Crippen molar-refractivity contribution in [3.8, 4) is 6.07 Å². The fraction of sp³-hybridized carbons (Fsp3) is 0.348. The van der Waals surface area contributed by atoms with Crippen LogP contribution in [0, 0.1) is 37.0 Å². The summed E-state index contributed by atoms with van der Waals surface area (Å²) in [5, 5.41) is 15.0. The summed E-state index contributed by atoms with van der Waals surface area (Å²) in [4.78, 5) is 25.2. The van der Waals surface area contributed by atoms with Crippen molar-refractivity contribution in [2.24, 2.45) is 11.8 Å². The Morgan fingerprint density at radius 1 is 0.893 bits per heavy atom. The van der Waals surface area contributed by atoms with E-state index >= 15 is 0 Å². The highest BCUT2D eigenvalue weighted by molar-refractivity contribution is 5.95. The van der Waals surface area contributed by atoms with Crippen molar-refractivity contribution in [1.29, 1.82) is 5.26 Å². The summed E-state index contributed by atoms with van der Waals surface area (Å²) in [6.07, 6.45) is 2.72. The van der Waals surface area contributed by atoms with Gasteiger partial charge in [-0.15, -0.1) is 0 Å². The number of hydrogen-bond donors (Lipinski definition) is 2. The van der Waals surface area contributed by atoms with Crippen molar-refractivity contribution < 1.29 is 9.59 Å². The van der Waals surface area contributed by atoms with E-state index in [1.165, 1.54) is 0 Å². The molecule has 0 radical (unpaired) electrons. The predicted octanol–water partition coefficient (Wildman–Crippen LogP) is 4.56. The number of carbonyl (C=O) groups is 2. The molecule has 1 fully saturated rings. The average Bonchev–Trinajstić information content (AvgIpc) is 2.67. The molecule has 0 heterocycles. The lowest BCUT2D eigenvalue weighted by Crippen LogP contribution is -2.32. The Balaban J connectivity index is 1.54. The van der Waals surface area contributed by atoms with E-state index in [0.717, 1.165) is 16.8 Å². The summed E-state index contributed by atoms with van der Waals surface area (Å²) in [5.41, 5.74) is 4.07. The van der Waals surface area contributed by atoms with Crippen LogP contribution in [0.4, 0.5) is 11.4 Å². The molecule has 2 N–H and O–H groups in total. The van der Waals surface area contributed by atoms with Gasteiger partial charge in [0.25, 0.3) is 0 Å².